The monoisotopic (exact) mass is 225 g/mol. The minimum absolute atomic E-state index is 0.0347. The van der Waals surface area contributed by atoms with Gasteiger partial charge in [0.2, 0.25) is 0 Å². The number of aliphatic hydroxyl groups is 1. The molecule has 0 radical (unpaired) electrons. The van der Waals surface area contributed by atoms with Gasteiger partial charge < -0.3 is 15.6 Å². The fourth-order valence-corrected chi connectivity index (χ4v) is 1.95. The minimum atomic E-state index is -0.347. The van der Waals surface area contributed by atoms with Gasteiger partial charge in [0, 0.05) is 6.07 Å². The Balaban J connectivity index is 2.00. The Kier molecular flexibility index (Phi) is 3.29. The zero-order valence-electron chi connectivity index (χ0n) is 9.03. The fourth-order valence-electron chi connectivity index (χ4n) is 1.95. The number of nitrogens with two attached hydrogens (primary N) is 1. The first-order valence-corrected chi connectivity index (χ1v) is 5.55. The lowest BCUT2D eigenvalue weighted by atomic mass is 9.95. The van der Waals surface area contributed by atoms with Crippen LogP contribution < -0.4 is 10.5 Å². The molecule has 0 amide bonds. The van der Waals surface area contributed by atoms with Crippen molar-refractivity contribution < 1.29 is 14.2 Å². The highest BCUT2D eigenvalue weighted by atomic mass is 19.1. The molecule has 3 nitrogen and oxygen atoms in total. The van der Waals surface area contributed by atoms with Crippen molar-refractivity contribution in [3.8, 4) is 5.75 Å². The molecule has 1 aliphatic rings. The third-order valence-electron chi connectivity index (χ3n) is 2.91. The van der Waals surface area contributed by atoms with Crippen molar-refractivity contribution in [1.82, 2.24) is 0 Å². The summed E-state index contributed by atoms with van der Waals surface area (Å²) in [5.74, 6) is 0.0569. The van der Waals surface area contributed by atoms with Crippen LogP contribution in [0.3, 0.4) is 0 Å². The Labute approximate surface area is 94.0 Å². The molecular formula is C12H16FNO2. The molecule has 0 spiro atoms. The van der Waals surface area contributed by atoms with Crippen molar-refractivity contribution in [3.63, 3.8) is 0 Å². The van der Waals surface area contributed by atoms with Crippen LogP contribution in [0.2, 0.25) is 0 Å². The van der Waals surface area contributed by atoms with Gasteiger partial charge in [0.15, 0.2) is 0 Å². The predicted octanol–water partition coefficient (Wildman–Crippen LogP) is 2.09. The first kappa shape index (κ1) is 11.2. The van der Waals surface area contributed by atoms with Gasteiger partial charge in [-0.2, -0.15) is 0 Å². The van der Waals surface area contributed by atoms with Gasteiger partial charge in [-0.1, -0.05) is 0 Å². The summed E-state index contributed by atoms with van der Waals surface area (Å²) in [6, 6.07) is 4.12. The van der Waals surface area contributed by atoms with Crippen LogP contribution in [0.5, 0.6) is 5.75 Å². The van der Waals surface area contributed by atoms with E-state index in [0.717, 1.165) is 25.7 Å². The van der Waals surface area contributed by atoms with Gasteiger partial charge in [-0.3, -0.25) is 0 Å². The second-order valence-corrected chi connectivity index (χ2v) is 4.23. The third kappa shape index (κ3) is 2.64. The molecule has 88 valence electrons. The van der Waals surface area contributed by atoms with Gasteiger partial charge in [0.1, 0.15) is 11.6 Å². The zero-order valence-corrected chi connectivity index (χ0v) is 9.03. The van der Waals surface area contributed by atoms with Gasteiger partial charge >= 0.3 is 0 Å². The molecule has 16 heavy (non-hydrogen) atoms. The maximum atomic E-state index is 13.0. The molecule has 0 aliphatic heterocycles. The van der Waals surface area contributed by atoms with Crippen molar-refractivity contribution in [2.24, 2.45) is 0 Å². The molecule has 0 unspecified atom stereocenters. The normalized spacial score (nSPS) is 25.4. The quantitative estimate of drug-likeness (QED) is 0.758. The number of ether oxygens (including phenoxy) is 1. The van der Waals surface area contributed by atoms with Crippen molar-refractivity contribution in [3.05, 3.63) is 24.0 Å². The molecule has 0 aromatic heterocycles. The van der Waals surface area contributed by atoms with Crippen molar-refractivity contribution in [1.29, 1.82) is 0 Å². The molecule has 0 atom stereocenters. The first-order chi connectivity index (χ1) is 7.65. The van der Waals surface area contributed by atoms with Crippen LogP contribution in [-0.4, -0.2) is 17.3 Å². The number of hydrogen-bond donors (Lipinski definition) is 2. The molecule has 3 N–H and O–H groups in total. The first-order valence-electron chi connectivity index (χ1n) is 5.55. The number of halogens is 1. The van der Waals surface area contributed by atoms with E-state index < -0.39 is 0 Å². The molecule has 0 bridgehead atoms. The van der Waals surface area contributed by atoms with E-state index in [2.05, 4.69) is 0 Å². The molecule has 0 heterocycles. The Morgan fingerprint density at radius 2 is 1.94 bits per heavy atom. The van der Waals surface area contributed by atoms with Gasteiger partial charge in [-0.15, -0.1) is 0 Å². The standard InChI is InChI=1S/C12H16FNO2/c13-8-1-6-11(14)12(7-8)16-10-4-2-9(15)3-5-10/h1,6-7,9-10,15H,2-5,14H2/t9-,10-. The Hall–Kier alpha value is -1.29. The van der Waals surface area contributed by atoms with E-state index in [-0.39, 0.29) is 18.0 Å². The highest BCUT2D eigenvalue weighted by Gasteiger charge is 2.21. The molecule has 1 aromatic carbocycles. The summed E-state index contributed by atoms with van der Waals surface area (Å²) in [5.41, 5.74) is 6.14. The summed E-state index contributed by atoms with van der Waals surface area (Å²) in [5, 5.41) is 9.35. The van der Waals surface area contributed by atoms with Crippen molar-refractivity contribution >= 4 is 5.69 Å². The van der Waals surface area contributed by atoms with Gasteiger partial charge in [0.25, 0.3) is 0 Å². The van der Waals surface area contributed by atoms with E-state index in [1.807, 2.05) is 0 Å². The highest BCUT2D eigenvalue weighted by molar-refractivity contribution is 5.52. The average molecular weight is 225 g/mol. The van der Waals surface area contributed by atoms with Crippen LogP contribution in [0.1, 0.15) is 25.7 Å². The average Bonchev–Trinajstić information content (AvgIpc) is 2.27. The van der Waals surface area contributed by atoms with Crippen LogP contribution in [0.15, 0.2) is 18.2 Å². The Morgan fingerprint density at radius 3 is 2.62 bits per heavy atom. The number of aliphatic hydroxyl groups excluding tert-OH is 1. The van der Waals surface area contributed by atoms with Crippen LogP contribution >= 0.6 is 0 Å². The lowest BCUT2D eigenvalue weighted by Crippen LogP contribution is -2.26. The molecular weight excluding hydrogens is 209 g/mol. The number of anilines is 1. The van der Waals surface area contributed by atoms with Crippen molar-refractivity contribution in [2.45, 2.75) is 37.9 Å². The number of benzene rings is 1. The lowest BCUT2D eigenvalue weighted by Gasteiger charge is -2.26. The second kappa shape index (κ2) is 4.70. The van der Waals surface area contributed by atoms with E-state index in [9.17, 15) is 9.50 Å². The number of rotatable bonds is 2. The molecule has 1 aliphatic carbocycles. The second-order valence-electron chi connectivity index (χ2n) is 4.23. The summed E-state index contributed by atoms with van der Waals surface area (Å²) in [7, 11) is 0. The molecule has 0 saturated heterocycles. The summed E-state index contributed by atoms with van der Waals surface area (Å²) < 4.78 is 18.6. The maximum absolute atomic E-state index is 13.0. The van der Waals surface area contributed by atoms with Gasteiger partial charge in [-0.05, 0) is 37.8 Å². The lowest BCUT2D eigenvalue weighted by molar-refractivity contribution is 0.0668. The molecule has 4 heteroatoms. The molecule has 2 rings (SSSR count). The highest BCUT2D eigenvalue weighted by Crippen LogP contribution is 2.28. The van der Waals surface area contributed by atoms with Crippen LogP contribution in [0.25, 0.3) is 0 Å². The van der Waals surface area contributed by atoms with Crippen molar-refractivity contribution in [2.75, 3.05) is 5.73 Å². The zero-order chi connectivity index (χ0) is 11.5. The molecule has 1 saturated carbocycles. The van der Waals surface area contributed by atoms with E-state index in [0.29, 0.717) is 11.4 Å². The summed E-state index contributed by atoms with van der Waals surface area (Å²) in [6.07, 6.45) is 2.87. The minimum Gasteiger partial charge on any atom is -0.488 e. The third-order valence-corrected chi connectivity index (χ3v) is 2.91. The summed E-state index contributed by atoms with van der Waals surface area (Å²) in [6.45, 7) is 0. The summed E-state index contributed by atoms with van der Waals surface area (Å²) >= 11 is 0. The SMILES string of the molecule is Nc1ccc(F)cc1O[C@H]1CC[C@H](O)CC1. The number of hydrogen-bond acceptors (Lipinski definition) is 3. The topological polar surface area (TPSA) is 55.5 Å². The molecule has 1 fully saturated rings. The van der Waals surface area contributed by atoms with E-state index in [1.165, 1.54) is 18.2 Å². The predicted molar refractivity (Wildman–Crippen MR) is 59.7 cm³/mol. The smallest absolute Gasteiger partial charge is 0.145 e. The van der Waals surface area contributed by atoms with Crippen LogP contribution in [0.4, 0.5) is 10.1 Å². The van der Waals surface area contributed by atoms with Crippen LogP contribution in [-0.2, 0) is 0 Å². The number of nitrogen functional groups attached to an aromatic ring is 1. The molecule has 1 aromatic rings. The van der Waals surface area contributed by atoms with E-state index in [4.69, 9.17) is 10.5 Å². The summed E-state index contributed by atoms with van der Waals surface area (Å²) in [4.78, 5) is 0. The fraction of sp³-hybridized carbons (Fsp3) is 0.500. The van der Waals surface area contributed by atoms with E-state index in [1.54, 1.807) is 0 Å². The van der Waals surface area contributed by atoms with Gasteiger partial charge in [-0.25, -0.2) is 4.39 Å². The Morgan fingerprint density at radius 1 is 1.25 bits per heavy atom. The Bertz CT molecular complexity index is 362. The van der Waals surface area contributed by atoms with Gasteiger partial charge in [0.05, 0.1) is 17.9 Å². The van der Waals surface area contributed by atoms with Crippen LogP contribution in [0, 0.1) is 5.82 Å². The maximum Gasteiger partial charge on any atom is 0.145 e. The van der Waals surface area contributed by atoms with E-state index >= 15 is 0 Å². The largest absolute Gasteiger partial charge is 0.488 e.